The summed E-state index contributed by atoms with van der Waals surface area (Å²) < 4.78 is 27.7. The minimum Gasteiger partial charge on any atom is -0.381 e. The highest BCUT2D eigenvalue weighted by molar-refractivity contribution is 6.01. The summed E-state index contributed by atoms with van der Waals surface area (Å²) in [5, 5.41) is 4.92. The number of hydrogen-bond donors (Lipinski definition) is 2. The molecule has 21 nitrogen and oxygen atoms in total. The van der Waals surface area contributed by atoms with Crippen LogP contribution in [0.2, 0.25) is 0 Å². The van der Waals surface area contributed by atoms with Crippen LogP contribution in [0.4, 0.5) is 0 Å². The summed E-state index contributed by atoms with van der Waals surface area (Å²) in [6.45, 7) is 26.1. The molecule has 0 aliphatic carbocycles. The van der Waals surface area contributed by atoms with Crippen LogP contribution in [0.5, 0.6) is 0 Å². The Morgan fingerprint density at radius 3 is 1.90 bits per heavy atom. The van der Waals surface area contributed by atoms with E-state index in [0.717, 1.165) is 57.9 Å². The van der Waals surface area contributed by atoms with E-state index in [-0.39, 0.29) is 92.1 Å². The third kappa shape index (κ3) is 27.7. The Labute approximate surface area is 490 Å². The first-order chi connectivity index (χ1) is 39.1. The molecule has 470 valence electrons. The van der Waals surface area contributed by atoms with Crippen molar-refractivity contribution < 1.29 is 71.7 Å². The maximum absolute atomic E-state index is 13.1. The number of ether oxygens (including phenoxy) is 5. The highest BCUT2D eigenvalue weighted by atomic mass is 16.7. The van der Waals surface area contributed by atoms with Crippen LogP contribution >= 0.6 is 0 Å². The van der Waals surface area contributed by atoms with Crippen LogP contribution in [0.15, 0.2) is 30.3 Å². The van der Waals surface area contributed by atoms with Gasteiger partial charge in [0.1, 0.15) is 0 Å². The van der Waals surface area contributed by atoms with Gasteiger partial charge in [0.2, 0.25) is 23.6 Å². The smallest absolute Gasteiger partial charge is 0.335 e. The van der Waals surface area contributed by atoms with Gasteiger partial charge in [-0.1, -0.05) is 112 Å². The molecule has 3 saturated heterocycles. The van der Waals surface area contributed by atoms with Crippen molar-refractivity contribution in [2.75, 3.05) is 87.1 Å². The molecule has 3 aliphatic rings. The molecular weight excluding hydrogens is 1060 g/mol. The van der Waals surface area contributed by atoms with Crippen molar-refractivity contribution in [3.8, 4) is 0 Å². The lowest BCUT2D eigenvalue weighted by atomic mass is 9.82. The van der Waals surface area contributed by atoms with Gasteiger partial charge in [0.25, 0.3) is 11.8 Å². The van der Waals surface area contributed by atoms with E-state index in [2.05, 4.69) is 26.1 Å². The summed E-state index contributed by atoms with van der Waals surface area (Å²) in [6, 6.07) is 9.09. The fourth-order valence-corrected chi connectivity index (χ4v) is 10.1. The van der Waals surface area contributed by atoms with Crippen LogP contribution < -0.4 is 11.1 Å². The van der Waals surface area contributed by atoms with Crippen molar-refractivity contribution in [2.24, 2.45) is 35.3 Å². The number of Topliss-reactive ketones (excluding diaryl/α,β-unsaturated/α-hetero) is 1. The number of likely N-dealkylation sites (tertiary alicyclic amines) is 1. The number of nitrogens with zero attached hydrogens (tertiary/aromatic N) is 4. The van der Waals surface area contributed by atoms with Gasteiger partial charge in [-0.05, 0) is 81.7 Å². The van der Waals surface area contributed by atoms with E-state index < -0.39 is 35.7 Å². The van der Waals surface area contributed by atoms with Gasteiger partial charge < -0.3 is 44.5 Å². The van der Waals surface area contributed by atoms with Crippen LogP contribution in [0, 0.1) is 29.6 Å². The monoisotopic (exact) mass is 1160 g/mol. The summed E-state index contributed by atoms with van der Waals surface area (Å²) >= 11 is 0. The van der Waals surface area contributed by atoms with Crippen molar-refractivity contribution in [1.82, 2.24) is 25.2 Å². The van der Waals surface area contributed by atoms with Crippen LogP contribution in [0.1, 0.15) is 159 Å². The number of aryl methyl sites for hydroxylation is 1. The molecule has 8 atom stereocenters. The summed E-state index contributed by atoms with van der Waals surface area (Å²) in [5.74, 6) is -1.64. The largest absolute Gasteiger partial charge is 0.381 e. The SMILES string of the molecule is CC.CC(=O)[C@@H](NC(=O)C(C(C)C)N(C)CCOCCOCCOCCC(=O)ON1C(=O)CCC1=O)C(C)C.CCC[C@@H](C(C)CC)C(CC(=O)N1CCC[C@H]1C(OC)C(C)C(N)=O)OC.O=C(CCc1ccccc1)N1CCCCO1. The molecule has 82 heavy (non-hydrogen) atoms. The van der Waals surface area contributed by atoms with Crippen LogP contribution in [0.25, 0.3) is 0 Å². The van der Waals surface area contributed by atoms with Crippen LogP contribution in [0.3, 0.4) is 0 Å². The molecule has 0 bridgehead atoms. The Morgan fingerprint density at radius 1 is 0.780 bits per heavy atom. The zero-order valence-corrected chi connectivity index (χ0v) is 52.4. The molecule has 0 aromatic heterocycles. The fraction of sp³-hybridized carbons (Fsp3) is 0.770. The number of rotatable bonds is 34. The first-order valence-corrected chi connectivity index (χ1v) is 30.1. The zero-order valence-electron chi connectivity index (χ0n) is 52.4. The third-order valence-corrected chi connectivity index (χ3v) is 14.9. The highest BCUT2D eigenvalue weighted by Gasteiger charge is 2.41. The molecule has 5 unspecified atom stereocenters. The van der Waals surface area contributed by atoms with E-state index in [9.17, 15) is 38.4 Å². The topological polar surface area (TPSA) is 252 Å². The van der Waals surface area contributed by atoms with Gasteiger partial charge in [-0.15, -0.1) is 5.06 Å². The molecule has 1 aromatic rings. The number of methoxy groups -OCH3 is 2. The zero-order chi connectivity index (χ0) is 61.7. The Balaban J connectivity index is 0.000000649. The van der Waals surface area contributed by atoms with Crippen molar-refractivity contribution in [3.05, 3.63) is 35.9 Å². The first kappa shape index (κ1) is 75.1. The number of nitrogens with two attached hydrogens (primary N) is 1. The summed E-state index contributed by atoms with van der Waals surface area (Å²) in [6.07, 6.45) is 8.36. The molecule has 3 N–H and O–H groups in total. The van der Waals surface area contributed by atoms with Crippen LogP contribution in [-0.2, 0) is 78.1 Å². The molecule has 6 amide bonds. The number of hydrogen-bond acceptors (Lipinski definition) is 16. The normalized spacial score (nSPS) is 17.8. The number of likely N-dealkylation sites (N-methyl/N-ethyl adjacent to an activating group) is 1. The van der Waals surface area contributed by atoms with E-state index in [1.54, 1.807) is 21.1 Å². The van der Waals surface area contributed by atoms with Gasteiger partial charge in [0.05, 0.1) is 95.3 Å². The van der Waals surface area contributed by atoms with Gasteiger partial charge >= 0.3 is 5.97 Å². The molecule has 1 aromatic carbocycles. The number of amides is 6. The van der Waals surface area contributed by atoms with Crippen molar-refractivity contribution in [3.63, 3.8) is 0 Å². The van der Waals surface area contributed by atoms with E-state index in [4.69, 9.17) is 39.1 Å². The van der Waals surface area contributed by atoms with Gasteiger partial charge in [-0.3, -0.25) is 43.3 Å². The number of hydroxylamine groups is 4. The number of nitrogens with one attached hydrogen (secondary N) is 1. The summed E-state index contributed by atoms with van der Waals surface area (Å²) in [7, 11) is 5.15. The molecule has 0 saturated carbocycles. The number of primary amides is 1. The van der Waals surface area contributed by atoms with E-state index in [1.807, 2.05) is 88.7 Å². The Hall–Kier alpha value is -4.90. The van der Waals surface area contributed by atoms with Gasteiger partial charge in [0.15, 0.2) is 5.78 Å². The number of imide groups is 1. The Bertz CT molecular complexity index is 1990. The maximum atomic E-state index is 13.1. The third-order valence-electron chi connectivity index (χ3n) is 14.9. The molecular formula is C61H106N6O15. The average Bonchev–Trinajstić information content (AvgIpc) is 4.24. The number of benzene rings is 1. The van der Waals surface area contributed by atoms with Crippen molar-refractivity contribution >= 4 is 47.2 Å². The second-order valence-corrected chi connectivity index (χ2v) is 21.7. The Kier molecular flexibility index (Phi) is 39.2. The Morgan fingerprint density at radius 2 is 1.39 bits per heavy atom. The molecule has 3 fully saturated rings. The minimum absolute atomic E-state index is 0.0171. The number of carbonyl (C=O) groups is 8. The van der Waals surface area contributed by atoms with Crippen molar-refractivity contribution in [1.29, 1.82) is 0 Å². The lowest BCUT2D eigenvalue weighted by molar-refractivity contribution is -0.198. The van der Waals surface area contributed by atoms with E-state index in [1.165, 1.54) is 17.6 Å². The van der Waals surface area contributed by atoms with Crippen LogP contribution in [-0.4, -0.2) is 185 Å². The van der Waals surface area contributed by atoms with Gasteiger partial charge in [-0.2, -0.15) is 0 Å². The van der Waals surface area contributed by atoms with Gasteiger partial charge in [0, 0.05) is 53.1 Å². The lowest BCUT2D eigenvalue weighted by Crippen LogP contribution is -2.54. The average molecular weight is 1160 g/mol. The van der Waals surface area contributed by atoms with E-state index in [0.29, 0.717) is 75.9 Å². The maximum Gasteiger partial charge on any atom is 0.335 e. The lowest BCUT2D eigenvalue weighted by Gasteiger charge is -2.35. The fourth-order valence-electron chi connectivity index (χ4n) is 10.1. The summed E-state index contributed by atoms with van der Waals surface area (Å²) in [5.41, 5.74) is 6.68. The second-order valence-electron chi connectivity index (χ2n) is 21.7. The standard InChI is InChI=1S/C25H43N3O9.C21H40N2O4.C13H17NO2.C2H6/c1-17(2)23(19(5)29)26-25(33)24(18(3)4)27(6)10-12-35-14-16-36-15-13-34-11-9-22(32)37-28-20(30)7-8-21(28)31;1-7-10-16(14(3)8-2)18(26-5)13-19(24)23-12-9-11-17(23)20(27-6)15(4)21(22)25;15-13(14-10-4-5-11-16-14)9-8-12-6-2-1-3-7-12;1-2/h17-18,23-24H,7-16H2,1-6H3,(H,26,33);14-18,20H,7-13H2,1-6H3,(H2,22,25);1-3,6-7H,4-5,8-11H2;1-2H3/t23-,24?;14?,15?,16-,17-,18?,20?;;/m00../s1. The molecule has 3 aliphatic heterocycles. The molecule has 4 rings (SSSR count). The van der Waals surface area contributed by atoms with E-state index >= 15 is 0 Å². The summed E-state index contributed by atoms with van der Waals surface area (Å²) in [4.78, 5) is 110. The quantitative estimate of drug-likeness (QED) is 0.0526. The van der Waals surface area contributed by atoms with Crippen molar-refractivity contribution in [2.45, 2.75) is 190 Å². The van der Waals surface area contributed by atoms with Gasteiger partial charge in [-0.25, -0.2) is 9.86 Å². The second kappa shape index (κ2) is 42.8. The highest BCUT2D eigenvalue weighted by Crippen LogP contribution is 2.31. The first-order valence-electron chi connectivity index (χ1n) is 30.1. The number of ketones is 1. The molecule has 0 radical (unpaired) electrons. The minimum atomic E-state index is -0.710. The molecule has 0 spiro atoms. The molecule has 21 heteroatoms. The number of carbonyl (C=O) groups excluding carboxylic acids is 8. The predicted octanol–water partition coefficient (Wildman–Crippen LogP) is 6.90. The molecule has 3 heterocycles. The predicted molar refractivity (Wildman–Crippen MR) is 313 cm³/mol.